The second-order valence-electron chi connectivity index (χ2n) is 5.83. The molecule has 28 heavy (non-hydrogen) atoms. The van der Waals surface area contributed by atoms with E-state index in [0.717, 1.165) is 5.56 Å². The van der Waals surface area contributed by atoms with Crippen LogP contribution in [-0.4, -0.2) is 41.8 Å². The van der Waals surface area contributed by atoms with Gasteiger partial charge in [-0.25, -0.2) is 4.99 Å². The predicted octanol–water partition coefficient (Wildman–Crippen LogP) is 4.20. The number of hydrogen-bond donors (Lipinski definition) is 1. The first-order chi connectivity index (χ1) is 13.5. The fourth-order valence-electron chi connectivity index (χ4n) is 2.60. The monoisotopic (exact) mass is 396 g/mol. The Balaban J connectivity index is 1.97. The van der Waals surface area contributed by atoms with Crippen LogP contribution < -0.4 is 9.47 Å². The van der Waals surface area contributed by atoms with Gasteiger partial charge in [-0.05, 0) is 54.2 Å². The number of carbonyl (C=O) groups is 1. The van der Waals surface area contributed by atoms with E-state index in [1.807, 2.05) is 12.1 Å². The van der Waals surface area contributed by atoms with E-state index in [4.69, 9.17) is 9.47 Å². The molecule has 144 valence electrons. The number of hydrogen-bond acceptors (Lipinski definition) is 6. The summed E-state index contributed by atoms with van der Waals surface area (Å²) in [5.41, 5.74) is 1.41. The third-order valence-electron chi connectivity index (χ3n) is 4.00. The number of phenols is 1. The minimum absolute atomic E-state index is 0.153. The minimum Gasteiger partial charge on any atom is -0.508 e. The molecule has 1 amide bonds. The highest BCUT2D eigenvalue weighted by atomic mass is 32.2. The zero-order valence-corrected chi connectivity index (χ0v) is 16.4. The number of nitrogens with zero attached hydrogens (tertiary/aromatic N) is 2. The van der Waals surface area contributed by atoms with Gasteiger partial charge in [-0.1, -0.05) is 6.08 Å². The van der Waals surface area contributed by atoms with Gasteiger partial charge in [-0.3, -0.25) is 9.69 Å². The summed E-state index contributed by atoms with van der Waals surface area (Å²) >= 11 is 1.28. The Labute approximate surface area is 167 Å². The molecule has 1 N–H and O–H groups in total. The number of aromatic hydroxyl groups is 1. The van der Waals surface area contributed by atoms with Crippen molar-refractivity contribution in [3.05, 3.63) is 65.6 Å². The van der Waals surface area contributed by atoms with Crippen LogP contribution in [0.4, 0.5) is 5.69 Å². The smallest absolute Gasteiger partial charge is 0.267 e. The first-order valence-corrected chi connectivity index (χ1v) is 9.29. The normalized spacial score (nSPS) is 16.6. The molecule has 3 rings (SSSR count). The number of rotatable bonds is 6. The molecular formula is C21H20N2O4S. The molecule has 0 aromatic heterocycles. The van der Waals surface area contributed by atoms with Gasteiger partial charge in [-0.2, -0.15) is 0 Å². The first-order valence-electron chi connectivity index (χ1n) is 8.47. The molecule has 0 unspecified atom stereocenters. The summed E-state index contributed by atoms with van der Waals surface area (Å²) in [5, 5.41) is 9.98. The fourth-order valence-corrected chi connectivity index (χ4v) is 3.60. The van der Waals surface area contributed by atoms with Gasteiger partial charge in [0.15, 0.2) is 5.17 Å². The summed E-state index contributed by atoms with van der Waals surface area (Å²) in [6.07, 6.45) is 3.43. The molecule has 1 aliphatic heterocycles. The largest absolute Gasteiger partial charge is 0.508 e. The second kappa shape index (κ2) is 8.67. The summed E-state index contributed by atoms with van der Waals surface area (Å²) in [7, 11) is 3.16. The number of benzene rings is 2. The highest BCUT2D eigenvalue weighted by Gasteiger charge is 2.32. The quantitative estimate of drug-likeness (QED) is 0.585. The lowest BCUT2D eigenvalue weighted by molar-refractivity contribution is -0.121. The number of ether oxygens (including phenoxy) is 2. The van der Waals surface area contributed by atoms with Crippen LogP contribution in [0.2, 0.25) is 0 Å². The van der Waals surface area contributed by atoms with Gasteiger partial charge in [-0.15, -0.1) is 6.58 Å². The minimum atomic E-state index is -0.153. The third kappa shape index (κ3) is 4.20. The molecular weight excluding hydrogens is 376 g/mol. The summed E-state index contributed by atoms with van der Waals surface area (Å²) in [6, 6.07) is 11.9. The zero-order chi connectivity index (χ0) is 20.1. The van der Waals surface area contributed by atoms with Gasteiger partial charge in [0, 0.05) is 18.2 Å². The van der Waals surface area contributed by atoms with Crippen LogP contribution >= 0.6 is 11.8 Å². The maximum absolute atomic E-state index is 12.9. The van der Waals surface area contributed by atoms with Gasteiger partial charge >= 0.3 is 0 Å². The Bertz CT molecular complexity index is 951. The summed E-state index contributed by atoms with van der Waals surface area (Å²) in [6.45, 7) is 4.07. The van der Waals surface area contributed by atoms with Crippen molar-refractivity contribution in [2.75, 3.05) is 20.8 Å². The van der Waals surface area contributed by atoms with E-state index in [1.54, 1.807) is 61.6 Å². The third-order valence-corrected chi connectivity index (χ3v) is 5.01. The van der Waals surface area contributed by atoms with Crippen molar-refractivity contribution in [1.29, 1.82) is 0 Å². The van der Waals surface area contributed by atoms with E-state index in [2.05, 4.69) is 11.6 Å². The van der Waals surface area contributed by atoms with E-state index in [0.29, 0.717) is 33.8 Å². The molecule has 0 aliphatic carbocycles. The van der Waals surface area contributed by atoms with Crippen molar-refractivity contribution in [2.45, 2.75) is 0 Å². The average Bonchev–Trinajstić information content (AvgIpc) is 2.99. The standard InChI is InChI=1S/C21H20N2O4S/c1-4-11-23-20(25)19(12-14-5-10-17(26-2)13-18(14)27-3)28-21(23)22-15-6-8-16(24)9-7-15/h4-10,12-13,24H,1,11H2,2-3H3/b19-12-,22-21?. The van der Waals surface area contributed by atoms with E-state index in [9.17, 15) is 9.90 Å². The lowest BCUT2D eigenvalue weighted by atomic mass is 10.1. The number of amides is 1. The van der Waals surface area contributed by atoms with Crippen LogP contribution in [0.15, 0.2) is 65.0 Å². The van der Waals surface area contributed by atoms with Gasteiger partial charge in [0.05, 0.1) is 24.8 Å². The molecule has 1 fully saturated rings. The number of phenolic OH excluding ortho intramolecular Hbond substituents is 1. The van der Waals surface area contributed by atoms with Crippen molar-refractivity contribution in [3.63, 3.8) is 0 Å². The van der Waals surface area contributed by atoms with E-state index in [-0.39, 0.29) is 11.7 Å². The SMILES string of the molecule is C=CCN1C(=O)/C(=C/c2ccc(OC)cc2OC)SC1=Nc1ccc(O)cc1. The first kappa shape index (κ1) is 19.6. The molecule has 1 saturated heterocycles. The molecule has 0 spiro atoms. The fraction of sp³-hybridized carbons (Fsp3) is 0.143. The molecule has 2 aromatic carbocycles. The molecule has 6 nitrogen and oxygen atoms in total. The zero-order valence-electron chi connectivity index (χ0n) is 15.6. The summed E-state index contributed by atoms with van der Waals surface area (Å²) in [4.78, 5) is 19.5. The molecule has 7 heteroatoms. The Morgan fingerprint density at radius 2 is 1.93 bits per heavy atom. The van der Waals surface area contributed by atoms with E-state index < -0.39 is 0 Å². The van der Waals surface area contributed by atoms with Crippen LogP contribution in [0.3, 0.4) is 0 Å². The van der Waals surface area contributed by atoms with Crippen LogP contribution in [0.5, 0.6) is 17.2 Å². The number of amidine groups is 1. The molecule has 0 atom stereocenters. The number of aliphatic imine (C=N–C) groups is 1. The topological polar surface area (TPSA) is 71.4 Å². The Morgan fingerprint density at radius 3 is 2.57 bits per heavy atom. The van der Waals surface area contributed by atoms with Crippen LogP contribution in [0, 0.1) is 0 Å². The maximum atomic E-state index is 12.9. The Kier molecular flexibility index (Phi) is 6.06. The lowest BCUT2D eigenvalue weighted by Gasteiger charge is -2.12. The van der Waals surface area contributed by atoms with Gasteiger partial charge in [0.2, 0.25) is 0 Å². The highest BCUT2D eigenvalue weighted by molar-refractivity contribution is 8.18. The summed E-state index contributed by atoms with van der Waals surface area (Å²) < 4.78 is 10.6. The molecule has 0 bridgehead atoms. The molecule has 0 saturated carbocycles. The van der Waals surface area contributed by atoms with Gasteiger partial charge in [0.25, 0.3) is 5.91 Å². The number of thioether (sulfide) groups is 1. The highest BCUT2D eigenvalue weighted by Crippen LogP contribution is 2.36. The summed E-state index contributed by atoms with van der Waals surface area (Å²) in [5.74, 6) is 1.29. The number of carbonyl (C=O) groups excluding carboxylic acids is 1. The molecule has 2 aromatic rings. The van der Waals surface area contributed by atoms with Crippen molar-refractivity contribution < 1.29 is 19.4 Å². The predicted molar refractivity (Wildman–Crippen MR) is 112 cm³/mol. The van der Waals surface area contributed by atoms with Crippen molar-refractivity contribution in [1.82, 2.24) is 4.90 Å². The van der Waals surface area contributed by atoms with Crippen molar-refractivity contribution >= 4 is 34.6 Å². The molecule has 0 radical (unpaired) electrons. The van der Waals surface area contributed by atoms with Crippen molar-refractivity contribution in [3.8, 4) is 17.2 Å². The Morgan fingerprint density at radius 1 is 1.18 bits per heavy atom. The number of methoxy groups -OCH3 is 2. The lowest BCUT2D eigenvalue weighted by Crippen LogP contribution is -2.29. The maximum Gasteiger partial charge on any atom is 0.267 e. The van der Waals surface area contributed by atoms with E-state index >= 15 is 0 Å². The average molecular weight is 396 g/mol. The van der Waals surface area contributed by atoms with Gasteiger partial charge in [0.1, 0.15) is 17.2 Å². The van der Waals surface area contributed by atoms with Crippen LogP contribution in [0.25, 0.3) is 6.08 Å². The van der Waals surface area contributed by atoms with Gasteiger partial charge < -0.3 is 14.6 Å². The van der Waals surface area contributed by atoms with Crippen LogP contribution in [0.1, 0.15) is 5.56 Å². The second-order valence-corrected chi connectivity index (χ2v) is 6.84. The molecule has 1 aliphatic rings. The Hall–Kier alpha value is -3.19. The van der Waals surface area contributed by atoms with Crippen LogP contribution in [-0.2, 0) is 4.79 Å². The molecule has 1 heterocycles. The van der Waals surface area contributed by atoms with E-state index in [1.165, 1.54) is 11.8 Å². The van der Waals surface area contributed by atoms with Crippen molar-refractivity contribution in [2.24, 2.45) is 4.99 Å².